The van der Waals surface area contributed by atoms with E-state index in [1.165, 1.54) is 24.0 Å². The Kier molecular flexibility index (Phi) is 3.20. The molecular weight excluding hydrogens is 240 g/mol. The van der Waals surface area contributed by atoms with E-state index in [9.17, 15) is 4.79 Å². The predicted molar refractivity (Wildman–Crippen MR) is 65.3 cm³/mol. The van der Waals surface area contributed by atoms with E-state index in [4.69, 9.17) is 10.5 Å². The van der Waals surface area contributed by atoms with Crippen molar-refractivity contribution in [3.63, 3.8) is 0 Å². The second-order valence-corrected chi connectivity index (χ2v) is 3.95. The molecule has 2 rings (SSSR count). The summed E-state index contributed by atoms with van der Waals surface area (Å²) in [6.07, 6.45) is 0. The Morgan fingerprint density at radius 2 is 2.35 bits per heavy atom. The normalized spacial score (nSPS) is 9.94. The number of rotatable bonds is 3. The molecule has 0 unspecified atom stereocenters. The lowest BCUT2D eigenvalue weighted by Gasteiger charge is -2.08. The number of carbonyl (C=O) groups is 1. The Morgan fingerprint density at radius 1 is 1.53 bits per heavy atom. The summed E-state index contributed by atoms with van der Waals surface area (Å²) in [6.45, 7) is 0. The van der Waals surface area contributed by atoms with Crippen LogP contribution in [0.1, 0.15) is 10.4 Å². The van der Waals surface area contributed by atoms with Crippen LogP contribution in [0.4, 0.5) is 10.8 Å². The van der Waals surface area contributed by atoms with Gasteiger partial charge in [0.05, 0.1) is 18.4 Å². The molecule has 3 N–H and O–H groups in total. The summed E-state index contributed by atoms with van der Waals surface area (Å²) in [6, 6.07) is 5.01. The van der Waals surface area contributed by atoms with E-state index in [0.717, 1.165) is 0 Å². The molecule has 0 aliphatic rings. The molecule has 7 heteroatoms. The molecule has 0 atom stereocenters. The van der Waals surface area contributed by atoms with Gasteiger partial charge in [-0.3, -0.25) is 10.1 Å². The van der Waals surface area contributed by atoms with Crippen molar-refractivity contribution in [1.82, 2.24) is 10.2 Å². The Hall–Kier alpha value is -2.15. The number of benzene rings is 1. The highest BCUT2D eigenvalue weighted by Gasteiger charge is 2.14. The van der Waals surface area contributed by atoms with Crippen LogP contribution in [0.15, 0.2) is 23.7 Å². The van der Waals surface area contributed by atoms with Crippen LogP contribution in [0, 0.1) is 0 Å². The number of nitrogen functional groups attached to an aromatic ring is 1. The molecule has 88 valence electrons. The molecule has 17 heavy (non-hydrogen) atoms. The number of amides is 1. The third-order valence-electron chi connectivity index (χ3n) is 2.11. The summed E-state index contributed by atoms with van der Waals surface area (Å²) in [4.78, 5) is 11.9. The third-order valence-corrected chi connectivity index (χ3v) is 2.72. The van der Waals surface area contributed by atoms with Crippen LogP contribution in [-0.2, 0) is 0 Å². The molecular formula is C10H10N4O2S. The SMILES string of the molecule is COc1cccc(C(=O)Nc2nncs2)c1N. The first-order valence-electron chi connectivity index (χ1n) is 4.72. The van der Waals surface area contributed by atoms with Gasteiger partial charge < -0.3 is 10.5 Å². The van der Waals surface area contributed by atoms with Crippen molar-refractivity contribution < 1.29 is 9.53 Å². The number of methoxy groups -OCH3 is 1. The van der Waals surface area contributed by atoms with Crippen LogP contribution in [0.25, 0.3) is 0 Å². The zero-order valence-electron chi connectivity index (χ0n) is 9.01. The first-order valence-corrected chi connectivity index (χ1v) is 5.60. The van der Waals surface area contributed by atoms with Crippen LogP contribution in [0.3, 0.4) is 0 Å². The molecule has 2 aromatic rings. The van der Waals surface area contributed by atoms with Gasteiger partial charge in [0.2, 0.25) is 5.13 Å². The topological polar surface area (TPSA) is 90.1 Å². The minimum absolute atomic E-state index is 0.303. The van der Waals surface area contributed by atoms with Gasteiger partial charge in [-0.25, -0.2) is 0 Å². The van der Waals surface area contributed by atoms with E-state index >= 15 is 0 Å². The van der Waals surface area contributed by atoms with Crippen LogP contribution in [-0.4, -0.2) is 23.2 Å². The minimum Gasteiger partial charge on any atom is -0.495 e. The molecule has 1 amide bonds. The second kappa shape index (κ2) is 4.79. The Balaban J connectivity index is 2.25. The van der Waals surface area contributed by atoms with Crippen LogP contribution in [0.2, 0.25) is 0 Å². The maximum absolute atomic E-state index is 11.9. The molecule has 0 aliphatic carbocycles. The highest BCUT2D eigenvalue weighted by atomic mass is 32.1. The molecule has 1 heterocycles. The fraction of sp³-hybridized carbons (Fsp3) is 0.100. The van der Waals surface area contributed by atoms with Crippen molar-refractivity contribution >= 4 is 28.1 Å². The van der Waals surface area contributed by atoms with Crippen molar-refractivity contribution in [2.45, 2.75) is 0 Å². The average molecular weight is 250 g/mol. The zero-order valence-corrected chi connectivity index (χ0v) is 9.82. The number of ether oxygens (including phenoxy) is 1. The number of nitrogens with two attached hydrogens (primary N) is 1. The number of nitrogens with one attached hydrogen (secondary N) is 1. The number of carbonyl (C=O) groups excluding carboxylic acids is 1. The van der Waals surface area contributed by atoms with Gasteiger partial charge >= 0.3 is 0 Å². The third kappa shape index (κ3) is 2.34. The molecule has 0 bridgehead atoms. The number of hydrogen-bond donors (Lipinski definition) is 2. The van der Waals surface area contributed by atoms with Gasteiger partial charge in [0, 0.05) is 0 Å². The van der Waals surface area contributed by atoms with Gasteiger partial charge in [0.1, 0.15) is 11.3 Å². The summed E-state index contributed by atoms with van der Waals surface area (Å²) >= 11 is 1.24. The minimum atomic E-state index is -0.335. The van der Waals surface area contributed by atoms with Crippen LogP contribution < -0.4 is 15.8 Å². The summed E-state index contributed by atoms with van der Waals surface area (Å²) in [5, 5.41) is 10.4. The van der Waals surface area contributed by atoms with E-state index in [1.807, 2.05) is 0 Å². The summed E-state index contributed by atoms with van der Waals surface area (Å²) < 4.78 is 5.04. The maximum atomic E-state index is 11.9. The summed E-state index contributed by atoms with van der Waals surface area (Å²) in [5.41, 5.74) is 7.99. The smallest absolute Gasteiger partial charge is 0.259 e. The van der Waals surface area contributed by atoms with E-state index in [0.29, 0.717) is 22.1 Å². The monoisotopic (exact) mass is 250 g/mol. The number of hydrogen-bond acceptors (Lipinski definition) is 6. The van der Waals surface area contributed by atoms with Gasteiger partial charge in [-0.1, -0.05) is 17.4 Å². The van der Waals surface area contributed by atoms with E-state index in [2.05, 4.69) is 15.5 Å². The lowest BCUT2D eigenvalue weighted by molar-refractivity contribution is 0.102. The Labute approximate surface area is 101 Å². The average Bonchev–Trinajstić information content (AvgIpc) is 2.82. The molecule has 6 nitrogen and oxygen atoms in total. The highest BCUT2D eigenvalue weighted by Crippen LogP contribution is 2.25. The fourth-order valence-electron chi connectivity index (χ4n) is 1.31. The van der Waals surface area contributed by atoms with Crippen molar-refractivity contribution in [1.29, 1.82) is 0 Å². The van der Waals surface area contributed by atoms with Gasteiger partial charge in [0.15, 0.2) is 0 Å². The molecule has 0 fully saturated rings. The van der Waals surface area contributed by atoms with E-state index in [1.54, 1.807) is 18.2 Å². The zero-order chi connectivity index (χ0) is 12.3. The highest BCUT2D eigenvalue weighted by molar-refractivity contribution is 7.13. The second-order valence-electron chi connectivity index (χ2n) is 3.12. The van der Waals surface area contributed by atoms with Gasteiger partial charge in [-0.15, -0.1) is 10.2 Å². The van der Waals surface area contributed by atoms with Gasteiger partial charge in [-0.2, -0.15) is 0 Å². The quantitative estimate of drug-likeness (QED) is 0.803. The summed E-state index contributed by atoms with van der Waals surface area (Å²) in [5.74, 6) is 0.132. The first-order chi connectivity index (χ1) is 8.22. The number of para-hydroxylation sites is 1. The molecule has 0 saturated carbocycles. The maximum Gasteiger partial charge on any atom is 0.259 e. The fourth-order valence-corrected chi connectivity index (χ4v) is 1.75. The van der Waals surface area contributed by atoms with Crippen molar-refractivity contribution in [3.8, 4) is 5.75 Å². The van der Waals surface area contributed by atoms with Crippen molar-refractivity contribution in [3.05, 3.63) is 29.3 Å². The van der Waals surface area contributed by atoms with Crippen LogP contribution >= 0.6 is 11.3 Å². The lowest BCUT2D eigenvalue weighted by Crippen LogP contribution is -2.14. The first kappa shape index (κ1) is 11.3. The van der Waals surface area contributed by atoms with Crippen LogP contribution in [0.5, 0.6) is 5.75 Å². The number of nitrogens with zero attached hydrogens (tertiary/aromatic N) is 2. The molecule has 0 radical (unpaired) electrons. The van der Waals surface area contributed by atoms with Gasteiger partial charge in [-0.05, 0) is 12.1 Å². The molecule has 0 spiro atoms. The summed E-state index contributed by atoms with van der Waals surface area (Å²) in [7, 11) is 1.50. The predicted octanol–water partition coefficient (Wildman–Crippen LogP) is 1.38. The molecule has 0 aliphatic heterocycles. The van der Waals surface area contributed by atoms with E-state index in [-0.39, 0.29) is 5.91 Å². The van der Waals surface area contributed by atoms with Crippen molar-refractivity contribution in [2.75, 3.05) is 18.2 Å². The van der Waals surface area contributed by atoms with Gasteiger partial charge in [0.25, 0.3) is 5.91 Å². The largest absolute Gasteiger partial charge is 0.495 e. The standard InChI is InChI=1S/C10H10N4O2S/c1-16-7-4-2-3-6(8(7)11)9(15)13-10-14-12-5-17-10/h2-5H,11H2,1H3,(H,13,14,15). The molecule has 1 aromatic carbocycles. The Bertz CT molecular complexity index is 527. The number of aromatic nitrogens is 2. The van der Waals surface area contributed by atoms with Crippen molar-refractivity contribution in [2.24, 2.45) is 0 Å². The molecule has 0 saturated heterocycles. The number of anilines is 2. The Morgan fingerprint density at radius 3 is 3.00 bits per heavy atom. The van der Waals surface area contributed by atoms with E-state index < -0.39 is 0 Å². The lowest BCUT2D eigenvalue weighted by atomic mass is 10.1. The molecule has 1 aromatic heterocycles.